The summed E-state index contributed by atoms with van der Waals surface area (Å²) in [5.41, 5.74) is -1.84. The normalized spacial score (nSPS) is 11.8. The van der Waals surface area contributed by atoms with E-state index in [0.717, 1.165) is 44.9 Å². The molecule has 0 saturated carbocycles. The minimum Gasteiger partial charge on any atom is -0.374 e. The van der Waals surface area contributed by atoms with Gasteiger partial charge in [0.15, 0.2) is 17.2 Å². The number of nitrogens with one attached hydrogen (secondary N) is 1. The van der Waals surface area contributed by atoms with Gasteiger partial charge < -0.3 is 10.4 Å². The molecule has 4 nitrogen and oxygen atoms in total. The van der Waals surface area contributed by atoms with Crippen molar-refractivity contribution in [1.29, 1.82) is 0 Å². The fourth-order valence-corrected chi connectivity index (χ4v) is 5.82. The van der Waals surface area contributed by atoms with E-state index in [2.05, 4.69) is 26.1 Å². The average molecular weight is 580 g/mol. The van der Waals surface area contributed by atoms with Crippen LogP contribution in [0.1, 0.15) is 207 Å². The van der Waals surface area contributed by atoms with E-state index in [9.17, 15) is 14.7 Å². The summed E-state index contributed by atoms with van der Waals surface area (Å²) in [6.07, 6.45) is 34.2. The second-order valence-electron chi connectivity index (χ2n) is 12.9. The minimum atomic E-state index is -1.84. The molecule has 0 heterocycles. The van der Waals surface area contributed by atoms with E-state index in [4.69, 9.17) is 0 Å². The SMILES string of the molecule is CCCCCCCCCCCCCCCC(=O)C(O)(CNCCC)C(=O)CCCCCCCCCCCCCCC. The molecule has 0 aromatic heterocycles. The van der Waals surface area contributed by atoms with Crippen LogP contribution in [-0.2, 0) is 9.59 Å². The van der Waals surface area contributed by atoms with Gasteiger partial charge in [-0.15, -0.1) is 0 Å². The number of hydrogen-bond acceptors (Lipinski definition) is 4. The molecule has 4 heteroatoms. The minimum absolute atomic E-state index is 0.0649. The van der Waals surface area contributed by atoms with Gasteiger partial charge in [-0.3, -0.25) is 9.59 Å². The van der Waals surface area contributed by atoms with E-state index >= 15 is 0 Å². The van der Waals surface area contributed by atoms with Crippen molar-refractivity contribution in [3.8, 4) is 0 Å². The fraction of sp³-hybridized carbons (Fsp3) is 0.946. The number of ketones is 2. The predicted octanol–water partition coefficient (Wildman–Crippen LogP) is 10.8. The van der Waals surface area contributed by atoms with Gasteiger partial charge in [-0.05, 0) is 25.8 Å². The highest BCUT2D eigenvalue weighted by molar-refractivity contribution is 6.10. The maximum Gasteiger partial charge on any atom is 0.193 e. The quantitative estimate of drug-likeness (QED) is 0.0588. The Bertz CT molecular complexity index is 535. The Balaban J connectivity index is 4.04. The van der Waals surface area contributed by atoms with Crippen LogP contribution in [0.5, 0.6) is 0 Å². The molecule has 0 fully saturated rings. The molecular weight excluding hydrogens is 506 g/mol. The van der Waals surface area contributed by atoms with Crippen molar-refractivity contribution >= 4 is 11.6 Å². The molecule has 0 aliphatic rings. The van der Waals surface area contributed by atoms with Crippen LogP contribution < -0.4 is 5.32 Å². The summed E-state index contributed by atoms with van der Waals surface area (Å²) in [6, 6.07) is 0. The highest BCUT2D eigenvalue weighted by Gasteiger charge is 2.41. The van der Waals surface area contributed by atoms with Gasteiger partial charge >= 0.3 is 0 Å². The van der Waals surface area contributed by atoms with Crippen LogP contribution in [0.2, 0.25) is 0 Å². The van der Waals surface area contributed by atoms with Gasteiger partial charge in [0.05, 0.1) is 0 Å². The first kappa shape index (κ1) is 40.3. The molecule has 0 spiro atoms. The van der Waals surface area contributed by atoms with E-state index in [0.29, 0.717) is 19.4 Å². The summed E-state index contributed by atoms with van der Waals surface area (Å²) >= 11 is 0. The summed E-state index contributed by atoms with van der Waals surface area (Å²) in [5.74, 6) is -0.548. The van der Waals surface area contributed by atoms with E-state index < -0.39 is 5.60 Å². The van der Waals surface area contributed by atoms with E-state index in [1.165, 1.54) is 128 Å². The van der Waals surface area contributed by atoms with Gasteiger partial charge in [0, 0.05) is 19.4 Å². The maximum absolute atomic E-state index is 13.0. The molecule has 0 aromatic carbocycles. The molecule has 41 heavy (non-hydrogen) atoms. The number of rotatable bonds is 34. The summed E-state index contributed by atoms with van der Waals surface area (Å²) in [6.45, 7) is 7.36. The molecule has 0 bridgehead atoms. The number of carbonyl (C=O) groups is 2. The number of aliphatic hydroxyl groups is 1. The standard InChI is InChI=1S/C37H73NO3/c1-4-7-9-11-13-15-17-19-21-23-25-27-29-31-35(39)37(41,34-38-33-6-3)36(40)32-30-28-26-24-22-20-18-16-14-12-10-8-5-2/h38,41H,4-34H2,1-3H3. The lowest BCUT2D eigenvalue weighted by Gasteiger charge is -2.26. The van der Waals surface area contributed by atoms with E-state index in [-0.39, 0.29) is 18.1 Å². The van der Waals surface area contributed by atoms with Gasteiger partial charge in [-0.25, -0.2) is 0 Å². The molecule has 0 amide bonds. The number of unbranched alkanes of at least 4 members (excludes halogenated alkanes) is 24. The third kappa shape index (κ3) is 24.4. The Morgan fingerprint density at radius 1 is 0.439 bits per heavy atom. The van der Waals surface area contributed by atoms with Crippen molar-refractivity contribution in [3.05, 3.63) is 0 Å². The lowest BCUT2D eigenvalue weighted by molar-refractivity contribution is -0.150. The molecule has 0 saturated heterocycles. The lowest BCUT2D eigenvalue weighted by Crippen LogP contribution is -2.54. The lowest BCUT2D eigenvalue weighted by atomic mass is 9.87. The number of hydrogen-bond donors (Lipinski definition) is 2. The summed E-state index contributed by atoms with van der Waals surface area (Å²) in [7, 11) is 0. The van der Waals surface area contributed by atoms with Crippen molar-refractivity contribution in [2.24, 2.45) is 0 Å². The van der Waals surface area contributed by atoms with Gasteiger partial charge in [-0.2, -0.15) is 0 Å². The third-order valence-corrected chi connectivity index (χ3v) is 8.74. The highest BCUT2D eigenvalue weighted by Crippen LogP contribution is 2.19. The first-order valence-electron chi connectivity index (χ1n) is 18.5. The van der Waals surface area contributed by atoms with Gasteiger partial charge in [0.2, 0.25) is 0 Å². The summed E-state index contributed by atoms with van der Waals surface area (Å²) in [5, 5.41) is 14.3. The zero-order chi connectivity index (χ0) is 30.3. The monoisotopic (exact) mass is 580 g/mol. The van der Waals surface area contributed by atoms with Crippen LogP contribution in [0.15, 0.2) is 0 Å². The Labute approximate surface area is 257 Å². The molecule has 0 aliphatic heterocycles. The molecule has 0 unspecified atom stereocenters. The smallest absolute Gasteiger partial charge is 0.193 e. The van der Waals surface area contributed by atoms with Crippen LogP contribution >= 0.6 is 0 Å². The van der Waals surface area contributed by atoms with Crippen LogP contribution in [0.3, 0.4) is 0 Å². The molecule has 0 atom stereocenters. The van der Waals surface area contributed by atoms with Crippen molar-refractivity contribution in [3.63, 3.8) is 0 Å². The summed E-state index contributed by atoms with van der Waals surface area (Å²) < 4.78 is 0. The fourth-order valence-electron chi connectivity index (χ4n) is 5.82. The highest BCUT2D eigenvalue weighted by atomic mass is 16.3. The average Bonchev–Trinajstić information content (AvgIpc) is 2.97. The van der Waals surface area contributed by atoms with Crippen molar-refractivity contribution in [1.82, 2.24) is 5.32 Å². The molecule has 0 aromatic rings. The van der Waals surface area contributed by atoms with Gasteiger partial charge in [0.1, 0.15) is 0 Å². The first-order chi connectivity index (χ1) is 20.0. The van der Waals surface area contributed by atoms with Crippen LogP contribution in [0.4, 0.5) is 0 Å². The Morgan fingerprint density at radius 2 is 0.707 bits per heavy atom. The molecule has 2 N–H and O–H groups in total. The van der Waals surface area contributed by atoms with Crippen LogP contribution in [0.25, 0.3) is 0 Å². The largest absolute Gasteiger partial charge is 0.374 e. The molecule has 0 rings (SSSR count). The second kappa shape index (κ2) is 30.7. The van der Waals surface area contributed by atoms with Crippen LogP contribution in [0, 0.1) is 0 Å². The molecular formula is C37H73NO3. The third-order valence-electron chi connectivity index (χ3n) is 8.74. The summed E-state index contributed by atoms with van der Waals surface area (Å²) in [4.78, 5) is 26.1. The zero-order valence-electron chi connectivity index (χ0n) is 28.2. The van der Waals surface area contributed by atoms with Crippen molar-refractivity contribution in [2.45, 2.75) is 213 Å². The first-order valence-corrected chi connectivity index (χ1v) is 18.5. The molecule has 0 aliphatic carbocycles. The number of Topliss-reactive ketones (excluding diaryl/α,β-unsaturated/α-hetero) is 2. The Hall–Kier alpha value is -0.740. The van der Waals surface area contributed by atoms with Crippen molar-refractivity contribution in [2.75, 3.05) is 13.1 Å². The zero-order valence-corrected chi connectivity index (χ0v) is 28.2. The predicted molar refractivity (Wildman–Crippen MR) is 179 cm³/mol. The van der Waals surface area contributed by atoms with Crippen LogP contribution in [-0.4, -0.2) is 35.4 Å². The van der Waals surface area contributed by atoms with Gasteiger partial charge in [-0.1, -0.05) is 175 Å². The maximum atomic E-state index is 13.0. The van der Waals surface area contributed by atoms with Crippen molar-refractivity contribution < 1.29 is 14.7 Å². The van der Waals surface area contributed by atoms with E-state index in [1.54, 1.807) is 0 Å². The molecule has 0 radical (unpaired) electrons. The second-order valence-corrected chi connectivity index (χ2v) is 12.9. The van der Waals surface area contributed by atoms with Gasteiger partial charge in [0.25, 0.3) is 0 Å². The molecule has 244 valence electrons. The Kier molecular flexibility index (Phi) is 30.2. The number of carbonyl (C=O) groups excluding carboxylic acids is 2. The topological polar surface area (TPSA) is 66.4 Å². The Morgan fingerprint density at radius 3 is 0.976 bits per heavy atom. The van der Waals surface area contributed by atoms with E-state index in [1.807, 2.05) is 0 Å².